The molecule has 1 aromatic carbocycles. The SMILES string of the molecule is Cc1[nH]nc(-n2cccc2)c1-c1ccc(F)cc1. The standard InChI is InChI=1S/C14H12FN3/c1-10-13(11-4-6-12(15)7-5-11)14(17-16-10)18-8-2-3-9-18/h2-9H,1H3,(H,16,17). The van der Waals surface area contributed by atoms with Crippen molar-refractivity contribution in [3.8, 4) is 16.9 Å². The van der Waals surface area contributed by atoms with Gasteiger partial charge in [0.25, 0.3) is 0 Å². The van der Waals surface area contributed by atoms with Crippen LogP contribution in [-0.4, -0.2) is 14.8 Å². The predicted molar refractivity (Wildman–Crippen MR) is 68.0 cm³/mol. The van der Waals surface area contributed by atoms with Crippen LogP contribution in [0.2, 0.25) is 0 Å². The molecule has 0 saturated heterocycles. The van der Waals surface area contributed by atoms with Crippen LogP contribution in [0.25, 0.3) is 16.9 Å². The van der Waals surface area contributed by atoms with Crippen molar-refractivity contribution in [2.45, 2.75) is 6.92 Å². The van der Waals surface area contributed by atoms with E-state index in [1.54, 1.807) is 12.1 Å². The molecule has 0 radical (unpaired) electrons. The summed E-state index contributed by atoms with van der Waals surface area (Å²) >= 11 is 0. The number of aromatic nitrogens is 3. The van der Waals surface area contributed by atoms with Crippen LogP contribution in [-0.2, 0) is 0 Å². The van der Waals surface area contributed by atoms with E-state index in [1.807, 2.05) is 36.0 Å². The molecule has 0 saturated carbocycles. The van der Waals surface area contributed by atoms with Crippen molar-refractivity contribution in [1.82, 2.24) is 14.8 Å². The van der Waals surface area contributed by atoms with E-state index in [2.05, 4.69) is 10.2 Å². The topological polar surface area (TPSA) is 33.6 Å². The van der Waals surface area contributed by atoms with E-state index in [0.29, 0.717) is 0 Å². The third-order valence-electron chi connectivity index (χ3n) is 2.91. The quantitative estimate of drug-likeness (QED) is 0.733. The predicted octanol–water partition coefficient (Wildman–Crippen LogP) is 3.31. The van der Waals surface area contributed by atoms with E-state index in [1.165, 1.54) is 12.1 Å². The van der Waals surface area contributed by atoms with Gasteiger partial charge >= 0.3 is 0 Å². The largest absolute Gasteiger partial charge is 0.307 e. The zero-order valence-electron chi connectivity index (χ0n) is 9.89. The van der Waals surface area contributed by atoms with Crippen LogP contribution >= 0.6 is 0 Å². The maximum absolute atomic E-state index is 13.0. The van der Waals surface area contributed by atoms with Gasteiger partial charge in [0, 0.05) is 23.7 Å². The first-order chi connectivity index (χ1) is 8.75. The Kier molecular flexibility index (Phi) is 2.48. The molecular weight excluding hydrogens is 229 g/mol. The van der Waals surface area contributed by atoms with Gasteiger partial charge in [0.2, 0.25) is 0 Å². The monoisotopic (exact) mass is 241 g/mol. The van der Waals surface area contributed by atoms with Gasteiger partial charge in [0.15, 0.2) is 5.82 Å². The fraction of sp³-hybridized carbons (Fsp3) is 0.0714. The molecule has 2 heterocycles. The number of halogens is 1. The number of nitrogens with zero attached hydrogens (tertiary/aromatic N) is 2. The molecule has 1 N–H and O–H groups in total. The van der Waals surface area contributed by atoms with Gasteiger partial charge in [-0.05, 0) is 36.8 Å². The zero-order chi connectivity index (χ0) is 12.5. The highest BCUT2D eigenvalue weighted by Gasteiger charge is 2.13. The summed E-state index contributed by atoms with van der Waals surface area (Å²) < 4.78 is 14.9. The summed E-state index contributed by atoms with van der Waals surface area (Å²) in [4.78, 5) is 0. The van der Waals surface area contributed by atoms with Crippen molar-refractivity contribution >= 4 is 0 Å². The fourth-order valence-corrected chi connectivity index (χ4v) is 2.04. The number of nitrogens with one attached hydrogen (secondary N) is 1. The molecule has 90 valence electrons. The summed E-state index contributed by atoms with van der Waals surface area (Å²) in [7, 11) is 0. The number of aryl methyl sites for hydroxylation is 1. The van der Waals surface area contributed by atoms with Gasteiger partial charge in [0.1, 0.15) is 5.82 Å². The van der Waals surface area contributed by atoms with Crippen LogP contribution in [0.15, 0.2) is 48.8 Å². The van der Waals surface area contributed by atoms with E-state index >= 15 is 0 Å². The maximum atomic E-state index is 13.0. The molecule has 0 spiro atoms. The van der Waals surface area contributed by atoms with Crippen LogP contribution < -0.4 is 0 Å². The molecule has 0 unspecified atom stereocenters. The van der Waals surface area contributed by atoms with E-state index in [-0.39, 0.29) is 5.82 Å². The Labute approximate surface area is 104 Å². The van der Waals surface area contributed by atoms with Gasteiger partial charge in [-0.3, -0.25) is 5.10 Å². The van der Waals surface area contributed by atoms with Crippen LogP contribution in [0.4, 0.5) is 4.39 Å². The van der Waals surface area contributed by atoms with Gasteiger partial charge in [0.05, 0.1) is 0 Å². The first-order valence-corrected chi connectivity index (χ1v) is 5.70. The van der Waals surface area contributed by atoms with Crippen LogP contribution in [0.3, 0.4) is 0 Å². The van der Waals surface area contributed by atoms with Gasteiger partial charge in [-0.15, -0.1) is 0 Å². The Morgan fingerprint density at radius 3 is 2.44 bits per heavy atom. The molecule has 0 bridgehead atoms. The first-order valence-electron chi connectivity index (χ1n) is 5.70. The lowest BCUT2D eigenvalue weighted by molar-refractivity contribution is 0.628. The van der Waals surface area contributed by atoms with Crippen molar-refractivity contribution in [2.24, 2.45) is 0 Å². The van der Waals surface area contributed by atoms with Crippen molar-refractivity contribution in [2.75, 3.05) is 0 Å². The highest BCUT2D eigenvalue weighted by molar-refractivity contribution is 5.73. The molecule has 0 aliphatic rings. The van der Waals surface area contributed by atoms with Crippen molar-refractivity contribution in [3.63, 3.8) is 0 Å². The number of hydrogen-bond donors (Lipinski definition) is 1. The lowest BCUT2D eigenvalue weighted by Gasteiger charge is -2.05. The Hall–Kier alpha value is -2.36. The molecule has 2 aromatic heterocycles. The second kappa shape index (κ2) is 4.14. The van der Waals surface area contributed by atoms with Gasteiger partial charge in [-0.2, -0.15) is 5.10 Å². The summed E-state index contributed by atoms with van der Waals surface area (Å²) in [6.07, 6.45) is 3.87. The lowest BCUT2D eigenvalue weighted by atomic mass is 10.1. The smallest absolute Gasteiger partial charge is 0.166 e. The normalized spacial score (nSPS) is 10.8. The molecule has 18 heavy (non-hydrogen) atoms. The highest BCUT2D eigenvalue weighted by Crippen LogP contribution is 2.28. The van der Waals surface area contributed by atoms with Crippen molar-refractivity contribution in [3.05, 3.63) is 60.3 Å². The van der Waals surface area contributed by atoms with Gasteiger partial charge in [-0.25, -0.2) is 4.39 Å². The third-order valence-corrected chi connectivity index (χ3v) is 2.91. The summed E-state index contributed by atoms with van der Waals surface area (Å²) in [6, 6.07) is 10.3. The maximum Gasteiger partial charge on any atom is 0.166 e. The number of H-pyrrole nitrogens is 1. The Balaban J connectivity index is 2.17. The number of aromatic amines is 1. The third kappa shape index (κ3) is 1.72. The summed E-state index contributed by atoms with van der Waals surface area (Å²) in [5.74, 6) is 0.589. The van der Waals surface area contributed by atoms with Gasteiger partial charge < -0.3 is 4.57 Å². The molecule has 0 amide bonds. The molecule has 0 aliphatic heterocycles. The highest BCUT2D eigenvalue weighted by atomic mass is 19.1. The van der Waals surface area contributed by atoms with Gasteiger partial charge in [-0.1, -0.05) is 12.1 Å². The molecule has 0 atom stereocenters. The van der Waals surface area contributed by atoms with Crippen LogP contribution in [0, 0.1) is 12.7 Å². The van der Waals surface area contributed by atoms with E-state index in [0.717, 1.165) is 22.6 Å². The molecule has 0 fully saturated rings. The average molecular weight is 241 g/mol. The lowest BCUT2D eigenvalue weighted by Crippen LogP contribution is -1.93. The average Bonchev–Trinajstić information content (AvgIpc) is 2.99. The molecule has 4 heteroatoms. The van der Waals surface area contributed by atoms with E-state index in [4.69, 9.17) is 0 Å². The Morgan fingerprint density at radius 2 is 1.78 bits per heavy atom. The summed E-state index contributed by atoms with van der Waals surface area (Å²) in [6.45, 7) is 1.96. The van der Waals surface area contributed by atoms with Crippen molar-refractivity contribution in [1.29, 1.82) is 0 Å². The number of hydrogen-bond acceptors (Lipinski definition) is 1. The molecule has 0 aliphatic carbocycles. The molecule has 3 aromatic rings. The Bertz CT molecular complexity index is 651. The second-order valence-corrected chi connectivity index (χ2v) is 4.14. The van der Waals surface area contributed by atoms with E-state index < -0.39 is 0 Å². The van der Waals surface area contributed by atoms with E-state index in [9.17, 15) is 4.39 Å². The van der Waals surface area contributed by atoms with Crippen molar-refractivity contribution < 1.29 is 4.39 Å². The zero-order valence-corrected chi connectivity index (χ0v) is 9.89. The Morgan fingerprint density at radius 1 is 1.11 bits per heavy atom. The minimum absolute atomic E-state index is 0.234. The van der Waals surface area contributed by atoms with Crippen LogP contribution in [0.5, 0.6) is 0 Å². The summed E-state index contributed by atoms with van der Waals surface area (Å²) in [5, 5.41) is 7.28. The first kappa shape index (κ1) is 10.8. The molecule has 3 rings (SSSR count). The number of benzene rings is 1. The molecule has 3 nitrogen and oxygen atoms in total. The minimum atomic E-state index is -0.234. The summed E-state index contributed by atoms with van der Waals surface area (Å²) in [5.41, 5.74) is 2.91. The molecular formula is C14H12FN3. The fourth-order valence-electron chi connectivity index (χ4n) is 2.04. The van der Waals surface area contributed by atoms with Crippen LogP contribution in [0.1, 0.15) is 5.69 Å². The minimum Gasteiger partial charge on any atom is -0.307 e. The number of rotatable bonds is 2. The second-order valence-electron chi connectivity index (χ2n) is 4.14.